The fourth-order valence-corrected chi connectivity index (χ4v) is 4.41. The van der Waals surface area contributed by atoms with Crippen LogP contribution in [0.1, 0.15) is 145 Å². The fourth-order valence-electron chi connectivity index (χ4n) is 4.41. The summed E-state index contributed by atoms with van der Waals surface area (Å²) in [7, 11) is 0. The summed E-state index contributed by atoms with van der Waals surface area (Å²) >= 11 is 0. The topological polar surface area (TPSA) is 0 Å². The van der Waals surface area contributed by atoms with Gasteiger partial charge >= 0.3 is 0 Å². The number of allylic oxidation sites excluding steroid dienone is 4. The Morgan fingerprint density at radius 2 is 1.00 bits per heavy atom. The predicted molar refractivity (Wildman–Crippen MR) is 140 cm³/mol. The molecule has 0 spiro atoms. The molecule has 0 saturated carbocycles. The van der Waals surface area contributed by atoms with Crippen LogP contribution in [0.2, 0.25) is 0 Å². The largest absolute Gasteiger partial charge is 0.0856 e. The highest BCUT2D eigenvalue weighted by molar-refractivity contribution is 5.02. The highest BCUT2D eigenvalue weighted by atomic mass is 14.1. The second-order valence-corrected chi connectivity index (χ2v) is 11.3. The Kier molecular flexibility index (Phi) is 18.9. The zero-order chi connectivity index (χ0) is 22.8. The molecule has 0 aliphatic heterocycles. The lowest BCUT2D eigenvalue weighted by Crippen LogP contribution is -2.00. The summed E-state index contributed by atoms with van der Waals surface area (Å²) in [5.41, 5.74) is 3.01. The second kappa shape index (κ2) is 19.2. The molecule has 0 aliphatic rings. The van der Waals surface area contributed by atoms with Crippen molar-refractivity contribution in [3.05, 3.63) is 23.3 Å². The maximum absolute atomic E-state index is 2.49. The summed E-state index contributed by atoms with van der Waals surface area (Å²) in [6.07, 6.45) is 24.3. The minimum absolute atomic E-state index is 0.873. The van der Waals surface area contributed by atoms with Gasteiger partial charge in [-0.3, -0.25) is 0 Å². The van der Waals surface area contributed by atoms with Gasteiger partial charge in [-0.2, -0.15) is 0 Å². The Morgan fingerprint density at radius 1 is 0.533 bits per heavy atom. The van der Waals surface area contributed by atoms with E-state index in [4.69, 9.17) is 0 Å². The Bertz CT molecular complexity index is 435. The summed E-state index contributed by atoms with van der Waals surface area (Å²) < 4.78 is 0. The normalized spacial score (nSPS) is 15.3. The molecule has 0 aromatic carbocycles. The third kappa shape index (κ3) is 20.7. The molecule has 0 fully saturated rings. The van der Waals surface area contributed by atoms with E-state index < -0.39 is 0 Å². The smallest absolute Gasteiger partial charge is 0.0288 e. The zero-order valence-corrected chi connectivity index (χ0v) is 22.4. The first kappa shape index (κ1) is 29.5. The predicted octanol–water partition coefficient (Wildman–Crippen LogP) is 10.9. The van der Waals surface area contributed by atoms with Crippen LogP contribution in [0.5, 0.6) is 0 Å². The van der Waals surface area contributed by atoms with Crippen LogP contribution < -0.4 is 0 Å². The van der Waals surface area contributed by atoms with Gasteiger partial charge in [-0.25, -0.2) is 0 Å². The van der Waals surface area contributed by atoms with E-state index in [9.17, 15) is 0 Å². The number of rotatable bonds is 19. The van der Waals surface area contributed by atoms with Gasteiger partial charge in [-0.05, 0) is 70.1 Å². The van der Waals surface area contributed by atoms with Crippen molar-refractivity contribution in [3.63, 3.8) is 0 Å². The maximum Gasteiger partial charge on any atom is -0.0288 e. The van der Waals surface area contributed by atoms with E-state index in [2.05, 4.69) is 67.5 Å². The van der Waals surface area contributed by atoms with Gasteiger partial charge in [-0.15, -0.1) is 0 Å². The Balaban J connectivity index is 3.65. The summed E-state index contributed by atoms with van der Waals surface area (Å²) in [4.78, 5) is 0. The minimum atomic E-state index is 0.873. The van der Waals surface area contributed by atoms with Gasteiger partial charge in [0.25, 0.3) is 0 Å². The molecule has 0 aromatic heterocycles. The summed E-state index contributed by atoms with van der Waals surface area (Å²) in [6.45, 7) is 18.8. The van der Waals surface area contributed by atoms with E-state index >= 15 is 0 Å². The van der Waals surface area contributed by atoms with Crippen LogP contribution in [0.15, 0.2) is 23.3 Å². The minimum Gasteiger partial charge on any atom is -0.0856 e. The third-order valence-electron chi connectivity index (χ3n) is 6.76. The molecule has 3 unspecified atom stereocenters. The van der Waals surface area contributed by atoms with Crippen LogP contribution in [-0.2, 0) is 0 Å². The molecule has 0 aliphatic carbocycles. The molecule has 0 N–H and O–H groups in total. The van der Waals surface area contributed by atoms with Gasteiger partial charge in [0.2, 0.25) is 0 Å². The summed E-state index contributed by atoms with van der Waals surface area (Å²) in [5, 5.41) is 0. The monoisotopic (exact) mass is 418 g/mol. The zero-order valence-electron chi connectivity index (χ0n) is 22.4. The molecule has 0 saturated heterocycles. The molecule has 0 amide bonds. The molecule has 0 heteroatoms. The van der Waals surface area contributed by atoms with E-state index in [-0.39, 0.29) is 0 Å². The van der Waals surface area contributed by atoms with Gasteiger partial charge in [0, 0.05) is 0 Å². The van der Waals surface area contributed by atoms with Crippen LogP contribution in [0, 0.1) is 23.7 Å². The van der Waals surface area contributed by atoms with E-state index in [1.807, 2.05) is 0 Å². The van der Waals surface area contributed by atoms with E-state index in [0.717, 1.165) is 23.7 Å². The van der Waals surface area contributed by atoms with Crippen molar-refractivity contribution in [3.8, 4) is 0 Å². The number of hydrogen-bond donors (Lipinski definition) is 0. The van der Waals surface area contributed by atoms with Crippen LogP contribution in [-0.4, -0.2) is 0 Å². The van der Waals surface area contributed by atoms with Crippen molar-refractivity contribution in [2.75, 3.05) is 0 Å². The standard InChI is InChI=1S/C30H58/c1-25(2)15-11-19-29(7)23-13-21-27(5)17-9-10-18-28(6)22-14-24-30(8)20-12-16-26(3)4/h15,23,26-28,30H,9-14,16-22,24H2,1-8H3/b29-23-. The lowest BCUT2D eigenvalue weighted by atomic mass is 9.91. The maximum atomic E-state index is 2.49. The highest BCUT2D eigenvalue weighted by Crippen LogP contribution is 2.23. The van der Waals surface area contributed by atoms with Crippen LogP contribution >= 0.6 is 0 Å². The molecular formula is C30H58. The average Bonchev–Trinajstić information content (AvgIpc) is 2.64. The van der Waals surface area contributed by atoms with Crippen LogP contribution in [0.25, 0.3) is 0 Å². The molecule has 178 valence electrons. The van der Waals surface area contributed by atoms with Crippen molar-refractivity contribution in [2.45, 2.75) is 145 Å². The molecule has 0 nitrogen and oxygen atoms in total. The Labute approximate surface area is 192 Å². The van der Waals surface area contributed by atoms with Crippen molar-refractivity contribution < 1.29 is 0 Å². The quantitative estimate of drug-likeness (QED) is 0.144. The van der Waals surface area contributed by atoms with Crippen molar-refractivity contribution in [1.82, 2.24) is 0 Å². The highest BCUT2D eigenvalue weighted by Gasteiger charge is 2.07. The summed E-state index contributed by atoms with van der Waals surface area (Å²) in [5.74, 6) is 3.61. The fraction of sp³-hybridized carbons (Fsp3) is 0.867. The van der Waals surface area contributed by atoms with Crippen molar-refractivity contribution in [2.24, 2.45) is 23.7 Å². The molecule has 30 heavy (non-hydrogen) atoms. The first-order valence-corrected chi connectivity index (χ1v) is 13.5. The Hall–Kier alpha value is -0.520. The van der Waals surface area contributed by atoms with E-state index in [1.54, 1.807) is 5.57 Å². The lowest BCUT2D eigenvalue weighted by Gasteiger charge is -2.15. The second-order valence-electron chi connectivity index (χ2n) is 11.3. The van der Waals surface area contributed by atoms with Gasteiger partial charge in [0.05, 0.1) is 0 Å². The molecular weight excluding hydrogens is 360 g/mol. The van der Waals surface area contributed by atoms with Crippen LogP contribution in [0.3, 0.4) is 0 Å². The summed E-state index contributed by atoms with van der Waals surface area (Å²) in [6, 6.07) is 0. The van der Waals surface area contributed by atoms with Crippen molar-refractivity contribution in [1.29, 1.82) is 0 Å². The van der Waals surface area contributed by atoms with Gasteiger partial charge < -0.3 is 0 Å². The SMILES string of the molecule is CC(C)=CCC/C(C)=C\CCC(C)CCCCC(C)CCCC(C)CCCC(C)C. The van der Waals surface area contributed by atoms with Gasteiger partial charge in [0.15, 0.2) is 0 Å². The Morgan fingerprint density at radius 3 is 1.50 bits per heavy atom. The first-order chi connectivity index (χ1) is 14.2. The van der Waals surface area contributed by atoms with E-state index in [0.29, 0.717) is 0 Å². The van der Waals surface area contributed by atoms with Crippen molar-refractivity contribution >= 4 is 0 Å². The first-order valence-electron chi connectivity index (χ1n) is 13.5. The average molecular weight is 419 g/mol. The van der Waals surface area contributed by atoms with Gasteiger partial charge in [-0.1, -0.05) is 122 Å². The molecule has 0 radical (unpaired) electrons. The molecule has 0 bridgehead atoms. The van der Waals surface area contributed by atoms with Gasteiger partial charge in [0.1, 0.15) is 0 Å². The molecule has 0 aromatic rings. The van der Waals surface area contributed by atoms with E-state index in [1.165, 1.54) is 95.5 Å². The molecule has 3 atom stereocenters. The van der Waals surface area contributed by atoms with Crippen LogP contribution in [0.4, 0.5) is 0 Å². The number of hydrogen-bond acceptors (Lipinski definition) is 0. The third-order valence-corrected chi connectivity index (χ3v) is 6.76. The number of unbranched alkanes of at least 4 members (excludes halogenated alkanes) is 1. The molecule has 0 heterocycles. The lowest BCUT2D eigenvalue weighted by molar-refractivity contribution is 0.379. The molecule has 0 rings (SSSR count).